The first kappa shape index (κ1) is 18.1. The van der Waals surface area contributed by atoms with Gasteiger partial charge in [-0.15, -0.1) is 0 Å². The molecule has 2 aromatic rings. The topological polar surface area (TPSA) is 82.3 Å². The normalized spacial score (nSPS) is 11.1. The molecule has 25 heavy (non-hydrogen) atoms. The zero-order valence-corrected chi connectivity index (χ0v) is 14.2. The number of hydrogen-bond donors (Lipinski definition) is 2. The molecule has 0 unspecified atom stereocenters. The number of anilines is 1. The predicted molar refractivity (Wildman–Crippen MR) is 96.7 cm³/mol. The molecule has 126 valence electrons. The van der Waals surface area contributed by atoms with Crippen molar-refractivity contribution < 1.29 is 14.6 Å². The van der Waals surface area contributed by atoms with Crippen LogP contribution in [0.4, 0.5) is 5.69 Å². The second-order valence-electron chi connectivity index (χ2n) is 5.15. The zero-order valence-electron chi connectivity index (χ0n) is 13.4. The summed E-state index contributed by atoms with van der Waals surface area (Å²) in [6.07, 6.45) is 0. The number of hydrogen-bond acceptors (Lipinski definition) is 4. The molecule has 0 fully saturated rings. The Hall–Kier alpha value is -3.23. The van der Waals surface area contributed by atoms with Crippen LogP contribution < -0.4 is 10.1 Å². The lowest BCUT2D eigenvalue weighted by molar-refractivity contribution is -0.112. The Morgan fingerprint density at radius 1 is 1.16 bits per heavy atom. The van der Waals surface area contributed by atoms with Gasteiger partial charge in [0.05, 0.1) is 0 Å². The molecule has 0 aliphatic rings. The van der Waals surface area contributed by atoms with Gasteiger partial charge in [0.25, 0.3) is 5.91 Å². The van der Waals surface area contributed by atoms with Gasteiger partial charge < -0.3 is 15.2 Å². The number of aliphatic hydroxyl groups excluding tert-OH is 1. The maximum absolute atomic E-state index is 12.1. The second kappa shape index (κ2) is 8.04. The number of ether oxygens (including phenoxy) is 1. The highest BCUT2D eigenvalue weighted by Gasteiger charge is 2.15. The van der Waals surface area contributed by atoms with E-state index >= 15 is 0 Å². The summed E-state index contributed by atoms with van der Waals surface area (Å²) < 4.78 is 5.65. The highest BCUT2D eigenvalue weighted by molar-refractivity contribution is 6.30. The van der Waals surface area contributed by atoms with Crippen molar-refractivity contribution in [2.24, 2.45) is 0 Å². The monoisotopic (exact) mass is 354 g/mol. The van der Waals surface area contributed by atoms with Crippen molar-refractivity contribution in [2.45, 2.75) is 6.92 Å². The molecule has 2 aromatic carbocycles. The van der Waals surface area contributed by atoms with Crippen molar-refractivity contribution in [3.05, 3.63) is 77.0 Å². The summed E-state index contributed by atoms with van der Waals surface area (Å²) >= 11 is 5.82. The van der Waals surface area contributed by atoms with E-state index in [0.717, 1.165) is 0 Å². The minimum atomic E-state index is -0.714. The lowest BCUT2D eigenvalue weighted by atomic mass is 10.1. The van der Waals surface area contributed by atoms with E-state index in [1.54, 1.807) is 54.6 Å². The molecule has 0 spiro atoms. The Morgan fingerprint density at radius 2 is 1.68 bits per heavy atom. The number of carbonyl (C=O) groups is 1. The van der Waals surface area contributed by atoms with Crippen LogP contribution in [0.2, 0.25) is 5.02 Å². The molecule has 2 N–H and O–H groups in total. The van der Waals surface area contributed by atoms with Gasteiger partial charge in [-0.25, -0.2) is 0 Å². The number of aliphatic hydroxyl groups is 1. The number of carbonyl (C=O) groups excluding carboxylic acids is 1. The van der Waals surface area contributed by atoms with Crippen LogP contribution in [0.1, 0.15) is 6.92 Å². The Labute approximate surface area is 150 Å². The Balaban J connectivity index is 2.08. The number of benzene rings is 2. The molecule has 0 atom stereocenters. The van der Waals surface area contributed by atoms with Crippen molar-refractivity contribution in [2.75, 3.05) is 5.32 Å². The predicted octanol–water partition coefficient (Wildman–Crippen LogP) is 4.98. The van der Waals surface area contributed by atoms with E-state index in [-0.39, 0.29) is 5.57 Å². The molecule has 0 bridgehead atoms. The smallest absolute Gasteiger partial charge is 0.270 e. The fraction of sp³-hybridized carbons (Fsp3) is 0.0526. The Bertz CT molecular complexity index is 863. The van der Waals surface area contributed by atoms with Crippen molar-refractivity contribution in [1.29, 1.82) is 5.26 Å². The molecule has 1 amide bonds. The highest BCUT2D eigenvalue weighted by atomic mass is 35.5. The summed E-state index contributed by atoms with van der Waals surface area (Å²) in [4.78, 5) is 12.1. The van der Waals surface area contributed by atoms with Gasteiger partial charge in [-0.05, 0) is 61.0 Å². The first-order valence-corrected chi connectivity index (χ1v) is 7.62. The van der Waals surface area contributed by atoms with Gasteiger partial charge in [0.2, 0.25) is 0 Å². The third-order valence-corrected chi connectivity index (χ3v) is 3.39. The van der Waals surface area contributed by atoms with Crippen molar-refractivity contribution in [3.63, 3.8) is 0 Å². The first-order valence-electron chi connectivity index (χ1n) is 7.24. The average molecular weight is 355 g/mol. The average Bonchev–Trinajstić information content (AvgIpc) is 2.59. The zero-order chi connectivity index (χ0) is 18.4. The van der Waals surface area contributed by atoms with Crippen LogP contribution in [0.25, 0.3) is 0 Å². The van der Waals surface area contributed by atoms with Crippen LogP contribution in [0.5, 0.6) is 11.5 Å². The second-order valence-corrected chi connectivity index (χ2v) is 5.59. The Kier molecular flexibility index (Phi) is 5.83. The molecular weight excluding hydrogens is 340 g/mol. The van der Waals surface area contributed by atoms with Crippen LogP contribution in [-0.4, -0.2) is 11.0 Å². The number of nitrogens with one attached hydrogen (secondary N) is 1. The van der Waals surface area contributed by atoms with Crippen LogP contribution in [0.15, 0.2) is 72.0 Å². The van der Waals surface area contributed by atoms with Gasteiger partial charge >= 0.3 is 0 Å². The molecule has 2 rings (SSSR count). The number of nitriles is 1. The molecule has 0 radical (unpaired) electrons. The van der Waals surface area contributed by atoms with Gasteiger partial charge in [-0.1, -0.05) is 18.2 Å². The SMILES string of the molecule is C=C(C)/C(O)=C(\C#N)C(=O)Nc1ccc(Oc2ccc(Cl)cc2)cc1. The van der Waals surface area contributed by atoms with Crippen LogP contribution in [0.3, 0.4) is 0 Å². The summed E-state index contributed by atoms with van der Waals surface area (Å²) in [6, 6.07) is 15.2. The van der Waals surface area contributed by atoms with E-state index < -0.39 is 17.2 Å². The standard InChI is InChI=1S/C19H15ClN2O3/c1-12(2)18(23)17(11-21)19(24)22-14-5-9-16(10-6-14)25-15-7-3-13(20)4-8-15/h3-10,23H,1H2,2H3,(H,22,24)/b18-17-. The third-order valence-electron chi connectivity index (χ3n) is 3.14. The number of halogens is 1. The van der Waals surface area contributed by atoms with Crippen LogP contribution >= 0.6 is 11.6 Å². The van der Waals surface area contributed by atoms with Gasteiger partial charge in [0.15, 0.2) is 5.57 Å². The van der Waals surface area contributed by atoms with E-state index in [1.165, 1.54) is 6.92 Å². The van der Waals surface area contributed by atoms with Crippen LogP contribution in [-0.2, 0) is 4.79 Å². The summed E-state index contributed by atoms with van der Waals surface area (Å²) in [5.41, 5.74) is 0.295. The minimum absolute atomic E-state index is 0.235. The number of rotatable bonds is 5. The van der Waals surface area contributed by atoms with Gasteiger partial charge in [-0.3, -0.25) is 4.79 Å². The van der Waals surface area contributed by atoms with E-state index in [4.69, 9.17) is 21.6 Å². The van der Waals surface area contributed by atoms with E-state index in [1.807, 2.05) is 0 Å². The van der Waals surface area contributed by atoms with Gasteiger partial charge in [0, 0.05) is 10.7 Å². The maximum atomic E-state index is 12.1. The van der Waals surface area contributed by atoms with Gasteiger partial charge in [-0.2, -0.15) is 5.26 Å². The molecule has 0 aliphatic carbocycles. The lowest BCUT2D eigenvalue weighted by Crippen LogP contribution is -2.15. The molecule has 0 aliphatic heterocycles. The Morgan fingerprint density at radius 3 is 2.16 bits per heavy atom. The van der Waals surface area contributed by atoms with Crippen molar-refractivity contribution in [1.82, 2.24) is 0 Å². The summed E-state index contributed by atoms with van der Waals surface area (Å²) in [5.74, 6) is 0.0560. The molecule has 0 saturated heterocycles. The van der Waals surface area contributed by atoms with E-state index in [2.05, 4.69) is 11.9 Å². The van der Waals surface area contributed by atoms with Gasteiger partial charge in [0.1, 0.15) is 23.3 Å². The quantitative estimate of drug-likeness (QED) is 0.343. The molecule has 0 heterocycles. The number of nitrogens with zero attached hydrogens (tertiary/aromatic N) is 1. The van der Waals surface area contributed by atoms with Crippen molar-refractivity contribution >= 4 is 23.2 Å². The molecular formula is C19H15ClN2O3. The summed E-state index contributed by atoms with van der Waals surface area (Å²) in [6.45, 7) is 5.01. The molecule has 0 saturated carbocycles. The van der Waals surface area contributed by atoms with E-state index in [9.17, 15) is 9.90 Å². The van der Waals surface area contributed by atoms with Crippen molar-refractivity contribution in [3.8, 4) is 17.6 Å². The molecule has 0 aromatic heterocycles. The fourth-order valence-electron chi connectivity index (χ4n) is 1.86. The highest BCUT2D eigenvalue weighted by Crippen LogP contribution is 2.24. The van der Waals surface area contributed by atoms with E-state index in [0.29, 0.717) is 22.2 Å². The summed E-state index contributed by atoms with van der Waals surface area (Å²) in [5, 5.41) is 21.9. The number of allylic oxidation sites excluding steroid dienone is 1. The maximum Gasteiger partial charge on any atom is 0.270 e. The lowest BCUT2D eigenvalue weighted by Gasteiger charge is -2.08. The molecule has 5 nitrogen and oxygen atoms in total. The third kappa shape index (κ3) is 4.87. The summed E-state index contributed by atoms with van der Waals surface area (Å²) in [7, 11) is 0. The molecule has 6 heteroatoms. The first-order chi connectivity index (χ1) is 11.9. The number of amides is 1. The fourth-order valence-corrected chi connectivity index (χ4v) is 1.99. The minimum Gasteiger partial charge on any atom is -0.506 e. The largest absolute Gasteiger partial charge is 0.506 e. The van der Waals surface area contributed by atoms with Crippen LogP contribution in [0, 0.1) is 11.3 Å².